The van der Waals surface area contributed by atoms with Crippen molar-refractivity contribution in [1.82, 2.24) is 14.8 Å². The molecule has 0 saturated carbocycles. The summed E-state index contributed by atoms with van der Waals surface area (Å²) in [7, 11) is 0. The molecule has 1 amide bonds. The van der Waals surface area contributed by atoms with E-state index in [1.54, 1.807) is 4.68 Å². The number of carbonyl (C=O) groups is 1. The van der Waals surface area contributed by atoms with Crippen LogP contribution in [0.5, 0.6) is 0 Å². The molecule has 1 N–H and O–H groups in total. The van der Waals surface area contributed by atoms with Gasteiger partial charge in [-0.25, -0.2) is 9.67 Å². The number of carbonyl (C=O) groups excluding carboxylic acids is 1. The van der Waals surface area contributed by atoms with Crippen LogP contribution in [0.25, 0.3) is 16.7 Å². The van der Waals surface area contributed by atoms with Crippen molar-refractivity contribution >= 4 is 34.2 Å². The van der Waals surface area contributed by atoms with Crippen LogP contribution in [0, 0.1) is 27.7 Å². The van der Waals surface area contributed by atoms with Crippen molar-refractivity contribution in [1.29, 1.82) is 0 Å². The molecule has 0 spiro atoms. The largest absolute Gasteiger partial charge is 0.322 e. The van der Waals surface area contributed by atoms with Crippen LogP contribution in [0.15, 0.2) is 48.7 Å². The minimum absolute atomic E-state index is 0.295. The van der Waals surface area contributed by atoms with Crippen LogP contribution >= 0.6 is 11.6 Å². The second kappa shape index (κ2) is 7.33. The zero-order valence-corrected chi connectivity index (χ0v) is 17.5. The minimum Gasteiger partial charge on any atom is -0.322 e. The van der Waals surface area contributed by atoms with Crippen molar-refractivity contribution in [3.63, 3.8) is 0 Å². The third kappa shape index (κ3) is 3.61. The van der Waals surface area contributed by atoms with E-state index in [4.69, 9.17) is 11.6 Å². The number of fused-ring (bicyclic) bond motifs is 1. The Kier molecular flexibility index (Phi) is 4.84. The van der Waals surface area contributed by atoms with Gasteiger partial charge in [-0.2, -0.15) is 5.10 Å². The first-order chi connectivity index (χ1) is 13.8. The number of nitrogens with zero attached hydrogens (tertiary/aromatic N) is 3. The molecular weight excluding hydrogens is 384 g/mol. The van der Waals surface area contributed by atoms with Gasteiger partial charge >= 0.3 is 0 Å². The number of hydrogen-bond donors (Lipinski definition) is 1. The average Bonchev–Trinajstić information content (AvgIpc) is 2.99. The van der Waals surface area contributed by atoms with Gasteiger partial charge in [-0.05, 0) is 63.1 Å². The SMILES string of the molecule is Cc1ccc(-n2nc(C)c3c(Cl)c(C(=O)Nc4cc(C)cc(C)c4)cnc32)cc1. The van der Waals surface area contributed by atoms with Crippen molar-refractivity contribution < 1.29 is 4.79 Å². The molecule has 0 bridgehead atoms. The number of pyridine rings is 1. The number of aryl methyl sites for hydroxylation is 4. The molecule has 146 valence electrons. The first-order valence-electron chi connectivity index (χ1n) is 9.34. The lowest BCUT2D eigenvalue weighted by Gasteiger charge is -2.09. The quantitative estimate of drug-likeness (QED) is 0.486. The Bertz CT molecular complexity index is 1220. The monoisotopic (exact) mass is 404 g/mol. The molecule has 6 heteroatoms. The molecule has 2 heterocycles. The Hall–Kier alpha value is -3.18. The summed E-state index contributed by atoms with van der Waals surface area (Å²) in [5.74, 6) is -0.295. The predicted molar refractivity (Wildman–Crippen MR) is 117 cm³/mol. The van der Waals surface area contributed by atoms with Gasteiger partial charge in [0.05, 0.1) is 27.4 Å². The third-order valence-corrected chi connectivity index (χ3v) is 5.20. The topological polar surface area (TPSA) is 59.8 Å². The van der Waals surface area contributed by atoms with Gasteiger partial charge in [0.15, 0.2) is 5.65 Å². The number of benzene rings is 2. The highest BCUT2D eigenvalue weighted by Gasteiger charge is 2.20. The van der Waals surface area contributed by atoms with E-state index in [2.05, 4.69) is 21.5 Å². The summed E-state index contributed by atoms with van der Waals surface area (Å²) >= 11 is 6.64. The molecule has 0 aliphatic carbocycles. The standard InChI is InChI=1S/C23H21ClN4O/c1-13-5-7-18(8-6-13)28-22-20(16(4)27-28)21(24)19(12-25-22)23(29)26-17-10-14(2)9-15(3)11-17/h5-12H,1-4H3,(H,26,29). The Morgan fingerprint density at radius 3 is 2.28 bits per heavy atom. The molecule has 4 aromatic rings. The molecule has 29 heavy (non-hydrogen) atoms. The van der Waals surface area contributed by atoms with Crippen LogP contribution in [-0.4, -0.2) is 20.7 Å². The summed E-state index contributed by atoms with van der Waals surface area (Å²) in [6.45, 7) is 7.89. The lowest BCUT2D eigenvalue weighted by Crippen LogP contribution is -2.13. The smallest absolute Gasteiger partial charge is 0.258 e. The van der Waals surface area contributed by atoms with Crippen LogP contribution in [0.3, 0.4) is 0 Å². The molecule has 2 aromatic carbocycles. The molecule has 0 radical (unpaired) electrons. The number of hydrogen-bond acceptors (Lipinski definition) is 3. The second-order valence-corrected chi connectivity index (χ2v) is 7.73. The fourth-order valence-electron chi connectivity index (χ4n) is 3.48. The van der Waals surface area contributed by atoms with Gasteiger partial charge in [-0.1, -0.05) is 35.4 Å². The third-order valence-electron chi connectivity index (χ3n) is 4.81. The van der Waals surface area contributed by atoms with E-state index in [1.807, 2.05) is 64.1 Å². The highest BCUT2D eigenvalue weighted by molar-refractivity contribution is 6.39. The number of rotatable bonds is 3. The molecule has 2 aromatic heterocycles. The maximum Gasteiger partial charge on any atom is 0.258 e. The van der Waals surface area contributed by atoms with Crippen LogP contribution in [0.4, 0.5) is 5.69 Å². The van der Waals surface area contributed by atoms with Gasteiger partial charge in [0.2, 0.25) is 0 Å². The molecule has 0 aliphatic rings. The lowest BCUT2D eigenvalue weighted by atomic mass is 10.1. The van der Waals surface area contributed by atoms with E-state index in [9.17, 15) is 4.79 Å². The summed E-state index contributed by atoms with van der Waals surface area (Å²) < 4.78 is 1.75. The van der Waals surface area contributed by atoms with Gasteiger partial charge in [-0.15, -0.1) is 0 Å². The van der Waals surface area contributed by atoms with Crippen molar-refractivity contribution in [3.8, 4) is 5.69 Å². The number of halogens is 1. The van der Waals surface area contributed by atoms with E-state index in [-0.39, 0.29) is 5.91 Å². The van der Waals surface area contributed by atoms with Gasteiger partial charge in [0, 0.05) is 11.9 Å². The van der Waals surface area contributed by atoms with E-state index in [0.29, 0.717) is 21.6 Å². The van der Waals surface area contributed by atoms with Crippen LogP contribution in [0.1, 0.15) is 32.7 Å². The highest BCUT2D eigenvalue weighted by atomic mass is 35.5. The van der Waals surface area contributed by atoms with Gasteiger partial charge in [0.25, 0.3) is 5.91 Å². The van der Waals surface area contributed by atoms with Crippen molar-refractivity contribution in [2.45, 2.75) is 27.7 Å². The second-order valence-electron chi connectivity index (χ2n) is 7.35. The van der Waals surface area contributed by atoms with Crippen molar-refractivity contribution in [3.05, 3.63) is 81.6 Å². The Morgan fingerprint density at radius 1 is 0.966 bits per heavy atom. The van der Waals surface area contributed by atoms with Gasteiger partial charge < -0.3 is 5.32 Å². The molecule has 5 nitrogen and oxygen atoms in total. The van der Waals surface area contributed by atoms with Gasteiger partial charge in [0.1, 0.15) is 0 Å². The first kappa shape index (κ1) is 19.2. The number of amides is 1. The number of aromatic nitrogens is 3. The maximum atomic E-state index is 12.9. The maximum absolute atomic E-state index is 12.9. The van der Waals surface area contributed by atoms with E-state index in [0.717, 1.165) is 28.2 Å². The van der Waals surface area contributed by atoms with E-state index >= 15 is 0 Å². The minimum atomic E-state index is -0.295. The molecule has 0 fully saturated rings. The number of anilines is 1. The highest BCUT2D eigenvalue weighted by Crippen LogP contribution is 2.30. The van der Waals surface area contributed by atoms with E-state index in [1.165, 1.54) is 11.8 Å². The van der Waals surface area contributed by atoms with Gasteiger partial charge in [-0.3, -0.25) is 4.79 Å². The zero-order chi connectivity index (χ0) is 20.7. The fourth-order valence-corrected chi connectivity index (χ4v) is 3.83. The number of nitrogens with one attached hydrogen (secondary N) is 1. The molecule has 4 rings (SSSR count). The summed E-state index contributed by atoms with van der Waals surface area (Å²) in [5, 5.41) is 8.55. The Morgan fingerprint density at radius 2 is 1.62 bits per heavy atom. The zero-order valence-electron chi connectivity index (χ0n) is 16.7. The Labute approximate surface area is 174 Å². The predicted octanol–water partition coefficient (Wildman–Crippen LogP) is 5.56. The molecule has 0 unspecified atom stereocenters. The molecule has 0 aliphatic heterocycles. The van der Waals surface area contributed by atoms with Crippen molar-refractivity contribution in [2.75, 3.05) is 5.32 Å². The average molecular weight is 405 g/mol. The normalized spacial score (nSPS) is 11.1. The van der Waals surface area contributed by atoms with Crippen LogP contribution in [0.2, 0.25) is 5.02 Å². The fraction of sp³-hybridized carbons (Fsp3) is 0.174. The Balaban J connectivity index is 1.75. The molecule has 0 atom stereocenters. The summed E-state index contributed by atoms with van der Waals surface area (Å²) in [5.41, 5.74) is 6.62. The van der Waals surface area contributed by atoms with Crippen LogP contribution < -0.4 is 5.32 Å². The first-order valence-corrected chi connectivity index (χ1v) is 9.72. The van der Waals surface area contributed by atoms with Crippen molar-refractivity contribution in [2.24, 2.45) is 0 Å². The lowest BCUT2D eigenvalue weighted by molar-refractivity contribution is 0.102. The summed E-state index contributed by atoms with van der Waals surface area (Å²) in [6.07, 6.45) is 1.51. The van der Waals surface area contributed by atoms with E-state index < -0.39 is 0 Å². The molecular formula is C23H21ClN4O. The summed E-state index contributed by atoms with van der Waals surface area (Å²) in [4.78, 5) is 17.4. The van der Waals surface area contributed by atoms with Crippen LogP contribution in [-0.2, 0) is 0 Å². The molecule has 0 saturated heterocycles. The summed E-state index contributed by atoms with van der Waals surface area (Å²) in [6, 6.07) is 13.9.